The molecular formula is C16H23N3. The summed E-state index contributed by atoms with van der Waals surface area (Å²) >= 11 is 0. The first kappa shape index (κ1) is 13.8. The van der Waals surface area contributed by atoms with E-state index < -0.39 is 0 Å². The largest absolute Gasteiger partial charge is 0.362 e. The number of hydrogen-bond donors (Lipinski definition) is 1. The van der Waals surface area contributed by atoms with Gasteiger partial charge in [-0.25, -0.2) is 4.98 Å². The summed E-state index contributed by atoms with van der Waals surface area (Å²) in [6, 6.07) is 10.6. The molecule has 3 heteroatoms. The highest BCUT2D eigenvalue weighted by atomic mass is 15.1. The van der Waals surface area contributed by atoms with E-state index in [2.05, 4.69) is 54.4 Å². The maximum absolute atomic E-state index is 4.76. The Bertz CT molecular complexity index is 547. The van der Waals surface area contributed by atoms with Gasteiger partial charge in [-0.05, 0) is 23.9 Å². The van der Waals surface area contributed by atoms with Crippen LogP contribution in [0.5, 0.6) is 0 Å². The molecule has 19 heavy (non-hydrogen) atoms. The van der Waals surface area contributed by atoms with E-state index in [1.165, 1.54) is 10.8 Å². The maximum atomic E-state index is 4.76. The third-order valence-electron chi connectivity index (χ3n) is 3.06. The molecule has 0 bridgehead atoms. The molecule has 0 saturated heterocycles. The van der Waals surface area contributed by atoms with Crippen LogP contribution in [0.15, 0.2) is 30.3 Å². The highest BCUT2D eigenvalue weighted by Gasteiger charge is 2.07. The molecule has 1 heterocycles. The van der Waals surface area contributed by atoms with Gasteiger partial charge in [0.2, 0.25) is 0 Å². The molecule has 0 atom stereocenters. The first-order chi connectivity index (χ1) is 9.08. The number of rotatable bonds is 5. The number of fused-ring (bicyclic) bond motifs is 1. The molecule has 0 unspecified atom stereocenters. The average molecular weight is 257 g/mol. The number of aromatic nitrogens is 1. The highest BCUT2D eigenvalue weighted by molar-refractivity contribution is 5.92. The highest BCUT2D eigenvalue weighted by Crippen LogP contribution is 2.24. The SMILES string of the molecule is CC(C)CNCc1cc2ccccc2c(N(C)C)n1. The van der Waals surface area contributed by atoms with Gasteiger partial charge in [0.25, 0.3) is 0 Å². The van der Waals surface area contributed by atoms with E-state index in [1.807, 2.05) is 14.1 Å². The fourth-order valence-electron chi connectivity index (χ4n) is 2.15. The summed E-state index contributed by atoms with van der Waals surface area (Å²) in [5, 5.41) is 5.91. The molecule has 0 saturated carbocycles. The van der Waals surface area contributed by atoms with Gasteiger partial charge in [-0.2, -0.15) is 0 Å². The second kappa shape index (κ2) is 6.02. The van der Waals surface area contributed by atoms with E-state index in [-0.39, 0.29) is 0 Å². The molecule has 2 aromatic rings. The van der Waals surface area contributed by atoms with Crippen molar-refractivity contribution < 1.29 is 0 Å². The smallest absolute Gasteiger partial charge is 0.136 e. The van der Waals surface area contributed by atoms with Crippen molar-refractivity contribution in [3.8, 4) is 0 Å². The van der Waals surface area contributed by atoms with Crippen LogP contribution in [0.4, 0.5) is 5.82 Å². The van der Waals surface area contributed by atoms with Crippen LogP contribution in [0.3, 0.4) is 0 Å². The lowest BCUT2D eigenvalue weighted by Gasteiger charge is -2.16. The van der Waals surface area contributed by atoms with Gasteiger partial charge in [0.1, 0.15) is 5.82 Å². The van der Waals surface area contributed by atoms with Crippen molar-refractivity contribution >= 4 is 16.6 Å². The van der Waals surface area contributed by atoms with Crippen molar-refractivity contribution in [1.82, 2.24) is 10.3 Å². The Hall–Kier alpha value is -1.61. The van der Waals surface area contributed by atoms with E-state index in [1.54, 1.807) is 0 Å². The number of nitrogens with one attached hydrogen (secondary N) is 1. The molecule has 0 aliphatic rings. The average Bonchev–Trinajstić information content (AvgIpc) is 2.37. The topological polar surface area (TPSA) is 28.2 Å². The van der Waals surface area contributed by atoms with Crippen LogP contribution in [0.1, 0.15) is 19.5 Å². The van der Waals surface area contributed by atoms with Gasteiger partial charge in [0.15, 0.2) is 0 Å². The van der Waals surface area contributed by atoms with Crippen molar-refractivity contribution in [2.45, 2.75) is 20.4 Å². The zero-order chi connectivity index (χ0) is 13.8. The predicted molar refractivity (Wildman–Crippen MR) is 82.6 cm³/mol. The Kier molecular flexibility index (Phi) is 4.38. The van der Waals surface area contributed by atoms with Gasteiger partial charge in [-0.15, -0.1) is 0 Å². The van der Waals surface area contributed by atoms with E-state index >= 15 is 0 Å². The van der Waals surface area contributed by atoms with Gasteiger partial charge < -0.3 is 10.2 Å². The number of nitrogens with zero attached hydrogens (tertiary/aromatic N) is 2. The number of benzene rings is 1. The standard InChI is InChI=1S/C16H23N3/c1-12(2)10-17-11-14-9-13-7-5-6-8-15(13)16(18-14)19(3)4/h5-9,12,17H,10-11H2,1-4H3. The van der Waals surface area contributed by atoms with Crippen LogP contribution in [0, 0.1) is 5.92 Å². The molecule has 1 aromatic heterocycles. The van der Waals surface area contributed by atoms with Crippen LogP contribution >= 0.6 is 0 Å². The lowest BCUT2D eigenvalue weighted by Crippen LogP contribution is -2.20. The molecule has 0 aliphatic heterocycles. The minimum Gasteiger partial charge on any atom is -0.362 e. The summed E-state index contributed by atoms with van der Waals surface area (Å²) in [6.45, 7) is 6.27. The summed E-state index contributed by atoms with van der Waals surface area (Å²) in [5.41, 5.74) is 1.10. The van der Waals surface area contributed by atoms with Crippen molar-refractivity contribution in [3.05, 3.63) is 36.0 Å². The summed E-state index contributed by atoms with van der Waals surface area (Å²) in [4.78, 5) is 6.84. The van der Waals surface area contributed by atoms with E-state index in [9.17, 15) is 0 Å². The maximum Gasteiger partial charge on any atom is 0.136 e. The molecule has 0 amide bonds. The van der Waals surface area contributed by atoms with Crippen molar-refractivity contribution in [1.29, 1.82) is 0 Å². The second-order valence-corrected chi connectivity index (χ2v) is 5.58. The summed E-state index contributed by atoms with van der Waals surface area (Å²) in [5.74, 6) is 1.70. The molecule has 0 fully saturated rings. The van der Waals surface area contributed by atoms with Crippen LogP contribution in [0.2, 0.25) is 0 Å². The molecule has 0 spiro atoms. The molecule has 0 radical (unpaired) electrons. The van der Waals surface area contributed by atoms with Gasteiger partial charge in [-0.3, -0.25) is 0 Å². The Morgan fingerprint density at radius 3 is 2.63 bits per heavy atom. The summed E-state index contributed by atoms with van der Waals surface area (Å²) in [6.07, 6.45) is 0. The molecule has 2 rings (SSSR count). The molecule has 0 aliphatic carbocycles. The predicted octanol–water partition coefficient (Wildman–Crippen LogP) is 3.05. The van der Waals surface area contributed by atoms with Crippen molar-refractivity contribution in [3.63, 3.8) is 0 Å². The molecule has 102 valence electrons. The van der Waals surface area contributed by atoms with Crippen molar-refractivity contribution in [2.75, 3.05) is 25.5 Å². The lowest BCUT2D eigenvalue weighted by atomic mass is 10.1. The Balaban J connectivity index is 2.30. The minimum absolute atomic E-state index is 0.661. The van der Waals surface area contributed by atoms with Crippen LogP contribution in [-0.4, -0.2) is 25.6 Å². The van der Waals surface area contributed by atoms with Gasteiger partial charge in [0.05, 0.1) is 5.69 Å². The number of hydrogen-bond acceptors (Lipinski definition) is 3. The third kappa shape index (κ3) is 3.44. The molecule has 1 aromatic carbocycles. The third-order valence-corrected chi connectivity index (χ3v) is 3.06. The second-order valence-electron chi connectivity index (χ2n) is 5.58. The first-order valence-electron chi connectivity index (χ1n) is 6.84. The zero-order valence-corrected chi connectivity index (χ0v) is 12.3. The van der Waals surface area contributed by atoms with Crippen molar-refractivity contribution in [2.24, 2.45) is 5.92 Å². The molecular weight excluding hydrogens is 234 g/mol. The Morgan fingerprint density at radius 1 is 1.21 bits per heavy atom. The Labute approximate surface area is 115 Å². The fraction of sp³-hybridized carbons (Fsp3) is 0.438. The van der Waals surface area contributed by atoms with E-state index in [4.69, 9.17) is 4.98 Å². The van der Waals surface area contributed by atoms with E-state index in [0.29, 0.717) is 5.92 Å². The Morgan fingerprint density at radius 2 is 1.95 bits per heavy atom. The van der Waals surface area contributed by atoms with Gasteiger partial charge >= 0.3 is 0 Å². The zero-order valence-electron chi connectivity index (χ0n) is 12.3. The first-order valence-corrected chi connectivity index (χ1v) is 6.84. The quantitative estimate of drug-likeness (QED) is 0.892. The lowest BCUT2D eigenvalue weighted by molar-refractivity contribution is 0.548. The fourth-order valence-corrected chi connectivity index (χ4v) is 2.15. The number of anilines is 1. The number of pyridine rings is 1. The molecule has 1 N–H and O–H groups in total. The van der Waals surface area contributed by atoms with E-state index in [0.717, 1.165) is 24.6 Å². The van der Waals surface area contributed by atoms with Crippen LogP contribution in [0.25, 0.3) is 10.8 Å². The monoisotopic (exact) mass is 257 g/mol. The summed E-state index contributed by atoms with van der Waals surface area (Å²) < 4.78 is 0. The minimum atomic E-state index is 0.661. The van der Waals surface area contributed by atoms with Crippen LogP contribution < -0.4 is 10.2 Å². The normalized spacial score (nSPS) is 11.2. The van der Waals surface area contributed by atoms with Gasteiger partial charge in [-0.1, -0.05) is 38.1 Å². The van der Waals surface area contributed by atoms with Gasteiger partial charge in [0, 0.05) is 26.0 Å². The summed E-state index contributed by atoms with van der Waals surface area (Å²) in [7, 11) is 4.08. The molecule has 3 nitrogen and oxygen atoms in total. The van der Waals surface area contributed by atoms with Crippen LogP contribution in [-0.2, 0) is 6.54 Å².